The minimum Gasteiger partial charge on any atom is -0.393 e. The third-order valence-electron chi connectivity index (χ3n) is 8.06. The predicted octanol–water partition coefficient (Wildman–Crippen LogP) is 5.48. The number of rotatable bonds is 6. The fourth-order valence-corrected chi connectivity index (χ4v) is 6.29. The summed E-state index contributed by atoms with van der Waals surface area (Å²) in [5.74, 6) is 1.93. The lowest BCUT2D eigenvalue weighted by Crippen LogP contribution is -2.34. The Bertz CT molecular complexity index is 723. The quantitative estimate of drug-likeness (QED) is 0.539. The van der Waals surface area contributed by atoms with Crippen LogP contribution < -0.4 is 0 Å². The molecule has 0 radical (unpaired) electrons. The van der Waals surface area contributed by atoms with E-state index in [2.05, 4.69) is 44.7 Å². The third-order valence-corrected chi connectivity index (χ3v) is 8.06. The molecular weight excluding hydrogens is 372 g/mol. The second kappa shape index (κ2) is 9.14. The zero-order valence-electron chi connectivity index (χ0n) is 19.4. The van der Waals surface area contributed by atoms with Crippen LogP contribution in [0.3, 0.4) is 0 Å². The van der Waals surface area contributed by atoms with Crippen molar-refractivity contribution in [1.29, 1.82) is 0 Å². The molecule has 3 N–H and O–H groups in total. The predicted molar refractivity (Wildman–Crippen MR) is 124 cm³/mol. The third kappa shape index (κ3) is 5.18. The van der Waals surface area contributed by atoms with Crippen molar-refractivity contribution in [3.05, 3.63) is 47.6 Å². The van der Waals surface area contributed by atoms with E-state index in [4.69, 9.17) is 0 Å². The zero-order chi connectivity index (χ0) is 22.1. The van der Waals surface area contributed by atoms with E-state index in [1.807, 2.05) is 13.8 Å². The molecule has 0 bridgehead atoms. The lowest BCUT2D eigenvalue weighted by atomic mass is 9.62. The number of allylic oxidation sites excluding steroid dienone is 5. The van der Waals surface area contributed by atoms with Gasteiger partial charge in [0.15, 0.2) is 0 Å². The van der Waals surface area contributed by atoms with Crippen LogP contribution in [0.25, 0.3) is 0 Å². The maximum absolute atomic E-state index is 10.1. The maximum atomic E-state index is 10.1. The van der Waals surface area contributed by atoms with Crippen LogP contribution in [0, 0.1) is 23.2 Å². The first-order valence-corrected chi connectivity index (χ1v) is 11.9. The van der Waals surface area contributed by atoms with Crippen molar-refractivity contribution in [2.75, 3.05) is 0 Å². The van der Waals surface area contributed by atoms with Gasteiger partial charge in [0.25, 0.3) is 0 Å². The minimum atomic E-state index is -0.633. The molecule has 0 aromatic heterocycles. The Kier molecular flexibility index (Phi) is 7.16. The van der Waals surface area contributed by atoms with Crippen molar-refractivity contribution in [3.8, 4) is 0 Å². The van der Waals surface area contributed by atoms with Gasteiger partial charge >= 0.3 is 0 Å². The smallest absolute Gasteiger partial charge is 0.0811 e. The molecule has 0 heterocycles. The van der Waals surface area contributed by atoms with Crippen LogP contribution in [0.15, 0.2) is 47.6 Å². The van der Waals surface area contributed by atoms with Gasteiger partial charge in [0, 0.05) is 6.42 Å². The van der Waals surface area contributed by atoms with E-state index in [0.717, 1.165) is 30.4 Å². The van der Waals surface area contributed by atoms with Gasteiger partial charge in [0.05, 0.1) is 17.8 Å². The van der Waals surface area contributed by atoms with E-state index in [9.17, 15) is 15.3 Å². The topological polar surface area (TPSA) is 60.7 Å². The molecule has 0 spiro atoms. The van der Waals surface area contributed by atoms with Gasteiger partial charge in [-0.25, -0.2) is 0 Å². The van der Waals surface area contributed by atoms with Gasteiger partial charge in [-0.15, -0.1) is 0 Å². The summed E-state index contributed by atoms with van der Waals surface area (Å²) in [6, 6.07) is 0. The van der Waals surface area contributed by atoms with E-state index in [0.29, 0.717) is 30.6 Å². The second-order valence-corrected chi connectivity index (χ2v) is 11.0. The molecule has 0 amide bonds. The van der Waals surface area contributed by atoms with E-state index >= 15 is 0 Å². The van der Waals surface area contributed by atoms with E-state index in [1.165, 1.54) is 24.8 Å². The van der Waals surface area contributed by atoms with Crippen molar-refractivity contribution in [2.45, 2.75) is 96.9 Å². The summed E-state index contributed by atoms with van der Waals surface area (Å²) >= 11 is 0. The minimum absolute atomic E-state index is 0.288. The maximum Gasteiger partial charge on any atom is 0.0811 e. The average molecular weight is 415 g/mol. The molecule has 30 heavy (non-hydrogen) atoms. The Morgan fingerprint density at radius 2 is 2.00 bits per heavy atom. The summed E-state index contributed by atoms with van der Waals surface area (Å²) in [7, 11) is 0. The molecule has 3 heteroatoms. The highest BCUT2D eigenvalue weighted by atomic mass is 16.3. The molecule has 3 rings (SSSR count). The first-order chi connectivity index (χ1) is 14.0. The highest BCUT2D eigenvalue weighted by Gasteiger charge is 2.49. The average Bonchev–Trinajstić information content (AvgIpc) is 3.00. The van der Waals surface area contributed by atoms with Gasteiger partial charge in [-0.1, -0.05) is 57.6 Å². The van der Waals surface area contributed by atoms with Crippen LogP contribution >= 0.6 is 0 Å². The van der Waals surface area contributed by atoms with Crippen LogP contribution in [0.2, 0.25) is 0 Å². The Morgan fingerprint density at radius 1 is 1.27 bits per heavy atom. The molecular formula is C27H42O3. The number of aliphatic hydroxyl groups excluding tert-OH is 2. The fraction of sp³-hybridized carbons (Fsp3) is 0.704. The Balaban J connectivity index is 1.72. The van der Waals surface area contributed by atoms with Crippen LogP contribution in [0.5, 0.6) is 0 Å². The van der Waals surface area contributed by atoms with Crippen LogP contribution in [-0.4, -0.2) is 33.1 Å². The molecule has 0 unspecified atom stereocenters. The van der Waals surface area contributed by atoms with E-state index < -0.39 is 17.8 Å². The first kappa shape index (κ1) is 23.5. The summed E-state index contributed by atoms with van der Waals surface area (Å²) < 4.78 is 0. The van der Waals surface area contributed by atoms with Crippen molar-refractivity contribution in [3.63, 3.8) is 0 Å². The normalized spacial score (nSPS) is 38.3. The summed E-state index contributed by atoms with van der Waals surface area (Å²) in [4.78, 5) is 0. The summed E-state index contributed by atoms with van der Waals surface area (Å²) in [6.45, 7) is 12.7. The summed E-state index contributed by atoms with van der Waals surface area (Å²) in [6.07, 6.45) is 15.5. The van der Waals surface area contributed by atoms with Gasteiger partial charge in [-0.2, -0.15) is 0 Å². The first-order valence-electron chi connectivity index (χ1n) is 11.9. The van der Waals surface area contributed by atoms with Gasteiger partial charge in [-0.05, 0) is 85.8 Å². The van der Waals surface area contributed by atoms with Crippen molar-refractivity contribution < 1.29 is 15.3 Å². The summed E-state index contributed by atoms with van der Waals surface area (Å²) in [5.41, 5.74) is 2.83. The molecule has 3 aliphatic rings. The number of fused-ring (bicyclic) bond motifs is 1. The molecule has 0 saturated heterocycles. The number of hydrogen-bond acceptors (Lipinski definition) is 3. The van der Waals surface area contributed by atoms with Gasteiger partial charge in [0.1, 0.15) is 0 Å². The van der Waals surface area contributed by atoms with Gasteiger partial charge in [-0.3, -0.25) is 0 Å². The van der Waals surface area contributed by atoms with E-state index in [1.54, 1.807) is 0 Å². The Hall–Kier alpha value is -1.16. The molecule has 2 saturated carbocycles. The molecule has 0 aromatic carbocycles. The van der Waals surface area contributed by atoms with E-state index in [-0.39, 0.29) is 5.41 Å². The molecule has 3 aliphatic carbocycles. The lowest BCUT2D eigenvalue weighted by Gasteiger charge is -2.42. The molecule has 2 fully saturated rings. The Labute approximate surface area is 183 Å². The van der Waals surface area contributed by atoms with Crippen LogP contribution in [0.1, 0.15) is 79.1 Å². The molecule has 3 nitrogen and oxygen atoms in total. The SMILES string of the molecule is C=C1/C(=C\C=C2/C=CC[C@]3(C)[C@@H]([C@H](C)CCCC(C)(C)O)CC[C@@H]23)C[C@@H](O)C[C@@H]1O. The summed E-state index contributed by atoms with van der Waals surface area (Å²) in [5, 5.41) is 30.2. The molecule has 0 aromatic rings. The van der Waals surface area contributed by atoms with Crippen molar-refractivity contribution in [1.82, 2.24) is 0 Å². The molecule has 168 valence electrons. The lowest BCUT2D eigenvalue weighted by molar-refractivity contribution is 0.0625. The highest BCUT2D eigenvalue weighted by Crippen LogP contribution is 2.58. The van der Waals surface area contributed by atoms with Crippen LogP contribution in [-0.2, 0) is 0 Å². The monoisotopic (exact) mass is 414 g/mol. The zero-order valence-corrected chi connectivity index (χ0v) is 19.4. The van der Waals surface area contributed by atoms with Crippen LogP contribution in [0.4, 0.5) is 0 Å². The van der Waals surface area contributed by atoms with Crippen molar-refractivity contribution >= 4 is 0 Å². The van der Waals surface area contributed by atoms with Crippen molar-refractivity contribution in [2.24, 2.45) is 23.2 Å². The number of hydrogen-bond donors (Lipinski definition) is 3. The Morgan fingerprint density at radius 3 is 2.70 bits per heavy atom. The number of aliphatic hydroxyl groups is 3. The highest BCUT2D eigenvalue weighted by molar-refractivity contribution is 5.41. The molecule has 6 atom stereocenters. The standard InChI is InChI=1S/C27H42O3/c1-18(8-6-14-26(3,4)30)23-12-13-24-20(9-7-15-27(23,24)5)10-11-21-16-22(28)17-25(29)19(21)2/h7,9-11,18,22-25,28-30H,2,6,8,12-17H2,1,3-5H3/b20-10+,21-11-/t18-,22-,23-,24+,25+,27-/m1/s1. The fourth-order valence-electron chi connectivity index (χ4n) is 6.29. The largest absolute Gasteiger partial charge is 0.393 e. The van der Waals surface area contributed by atoms with Gasteiger partial charge < -0.3 is 15.3 Å². The van der Waals surface area contributed by atoms with Gasteiger partial charge in [0.2, 0.25) is 0 Å². The molecule has 0 aliphatic heterocycles. The second-order valence-electron chi connectivity index (χ2n) is 11.0.